The molecule has 0 radical (unpaired) electrons. The summed E-state index contributed by atoms with van der Waals surface area (Å²) in [5.41, 5.74) is 5.56. The van der Waals surface area contributed by atoms with Crippen LogP contribution in [0.2, 0.25) is 0 Å². The number of nitrogens with two attached hydrogens (primary N) is 1. The van der Waals surface area contributed by atoms with Gasteiger partial charge in [0.15, 0.2) is 0 Å². The van der Waals surface area contributed by atoms with E-state index in [1.54, 1.807) is 0 Å². The van der Waals surface area contributed by atoms with Gasteiger partial charge in [-0.25, -0.2) is 8.78 Å². The molecule has 0 aliphatic carbocycles. The lowest BCUT2D eigenvalue weighted by Crippen LogP contribution is -2.11. The zero-order valence-electron chi connectivity index (χ0n) is 8.43. The number of benzene rings is 1. The van der Waals surface area contributed by atoms with Gasteiger partial charge in [-0.1, -0.05) is 13.3 Å². The lowest BCUT2D eigenvalue weighted by atomic mass is 10.0. The number of rotatable bonds is 3. The molecule has 0 saturated carbocycles. The van der Waals surface area contributed by atoms with Crippen LogP contribution in [0.1, 0.15) is 36.9 Å². The molecule has 1 rings (SSSR count). The minimum Gasteiger partial charge on any atom is -0.324 e. The van der Waals surface area contributed by atoms with E-state index < -0.39 is 17.2 Å². The first-order valence-electron chi connectivity index (χ1n) is 4.74. The Morgan fingerprint density at radius 1 is 1.40 bits per heavy atom. The summed E-state index contributed by atoms with van der Waals surface area (Å²) in [5.74, 6) is -1.70. The fraction of sp³-hybridized carbons (Fsp3) is 0.364. The molecule has 0 aliphatic heterocycles. The number of nitriles is 1. The van der Waals surface area contributed by atoms with Crippen molar-refractivity contribution in [3.63, 3.8) is 0 Å². The SMILES string of the molecule is CCC[C@H](N)c1cc(F)c(C#N)c(F)c1. The molecule has 80 valence electrons. The molecule has 2 N–H and O–H groups in total. The highest BCUT2D eigenvalue weighted by Gasteiger charge is 2.13. The van der Waals surface area contributed by atoms with E-state index in [0.717, 1.165) is 18.6 Å². The van der Waals surface area contributed by atoms with Crippen LogP contribution in [0.3, 0.4) is 0 Å². The molecule has 0 spiro atoms. The summed E-state index contributed by atoms with van der Waals surface area (Å²) in [6.45, 7) is 1.94. The van der Waals surface area contributed by atoms with E-state index in [2.05, 4.69) is 0 Å². The van der Waals surface area contributed by atoms with Crippen molar-refractivity contribution in [2.75, 3.05) is 0 Å². The second-order valence-electron chi connectivity index (χ2n) is 3.37. The molecule has 15 heavy (non-hydrogen) atoms. The largest absolute Gasteiger partial charge is 0.324 e. The van der Waals surface area contributed by atoms with Gasteiger partial charge in [0, 0.05) is 6.04 Å². The van der Waals surface area contributed by atoms with E-state index in [0.29, 0.717) is 12.0 Å². The Hall–Kier alpha value is -1.47. The van der Waals surface area contributed by atoms with Crippen LogP contribution in [-0.4, -0.2) is 0 Å². The molecule has 1 aromatic carbocycles. The van der Waals surface area contributed by atoms with Crippen LogP contribution in [0.15, 0.2) is 12.1 Å². The van der Waals surface area contributed by atoms with Crippen LogP contribution in [0.4, 0.5) is 8.78 Å². The minimum atomic E-state index is -0.848. The normalized spacial score (nSPS) is 12.2. The quantitative estimate of drug-likeness (QED) is 0.833. The molecule has 4 heteroatoms. The van der Waals surface area contributed by atoms with Crippen LogP contribution in [0.25, 0.3) is 0 Å². The van der Waals surface area contributed by atoms with Gasteiger partial charge in [0.2, 0.25) is 0 Å². The Labute approximate surface area is 87.3 Å². The molecule has 2 nitrogen and oxygen atoms in total. The van der Waals surface area contributed by atoms with Crippen molar-refractivity contribution in [2.45, 2.75) is 25.8 Å². The Kier molecular flexibility index (Phi) is 3.75. The summed E-state index contributed by atoms with van der Waals surface area (Å²) in [4.78, 5) is 0. The number of hydrogen-bond donors (Lipinski definition) is 1. The second kappa shape index (κ2) is 4.85. The number of hydrogen-bond acceptors (Lipinski definition) is 2. The zero-order chi connectivity index (χ0) is 11.4. The van der Waals surface area contributed by atoms with E-state index >= 15 is 0 Å². The molecule has 0 aromatic heterocycles. The van der Waals surface area contributed by atoms with Gasteiger partial charge in [-0.15, -0.1) is 0 Å². The third-order valence-corrected chi connectivity index (χ3v) is 2.20. The van der Waals surface area contributed by atoms with Crippen molar-refractivity contribution < 1.29 is 8.78 Å². The Morgan fingerprint density at radius 2 is 1.93 bits per heavy atom. The maximum Gasteiger partial charge on any atom is 0.144 e. The average Bonchev–Trinajstić information content (AvgIpc) is 2.17. The highest BCUT2D eigenvalue weighted by molar-refractivity contribution is 5.36. The van der Waals surface area contributed by atoms with Crippen molar-refractivity contribution in [3.05, 3.63) is 34.9 Å². The van der Waals surface area contributed by atoms with Gasteiger partial charge >= 0.3 is 0 Å². The highest BCUT2D eigenvalue weighted by atomic mass is 19.1. The fourth-order valence-electron chi connectivity index (χ4n) is 1.39. The second-order valence-corrected chi connectivity index (χ2v) is 3.37. The fourth-order valence-corrected chi connectivity index (χ4v) is 1.39. The van der Waals surface area contributed by atoms with E-state index in [1.165, 1.54) is 6.07 Å². The van der Waals surface area contributed by atoms with E-state index in [-0.39, 0.29) is 6.04 Å². The van der Waals surface area contributed by atoms with Crippen LogP contribution in [-0.2, 0) is 0 Å². The average molecular weight is 210 g/mol. The first-order chi connectivity index (χ1) is 7.10. The van der Waals surface area contributed by atoms with Gasteiger partial charge in [0.25, 0.3) is 0 Å². The maximum absolute atomic E-state index is 13.2. The third kappa shape index (κ3) is 2.51. The Morgan fingerprint density at radius 3 is 2.33 bits per heavy atom. The topological polar surface area (TPSA) is 49.8 Å². The van der Waals surface area contributed by atoms with Crippen LogP contribution in [0, 0.1) is 23.0 Å². The molecule has 0 amide bonds. The molecule has 0 unspecified atom stereocenters. The predicted molar refractivity (Wildman–Crippen MR) is 52.9 cm³/mol. The van der Waals surface area contributed by atoms with Crippen molar-refractivity contribution in [1.29, 1.82) is 5.26 Å². The van der Waals surface area contributed by atoms with Gasteiger partial charge in [0.1, 0.15) is 23.3 Å². The summed E-state index contributed by atoms with van der Waals surface area (Å²) in [5, 5.41) is 8.47. The third-order valence-electron chi connectivity index (χ3n) is 2.20. The Bertz CT molecular complexity index is 373. The number of halogens is 2. The van der Waals surface area contributed by atoms with Crippen molar-refractivity contribution >= 4 is 0 Å². The van der Waals surface area contributed by atoms with Crippen molar-refractivity contribution in [3.8, 4) is 6.07 Å². The van der Waals surface area contributed by atoms with E-state index in [9.17, 15) is 8.78 Å². The summed E-state index contributed by atoms with van der Waals surface area (Å²) < 4.78 is 26.4. The van der Waals surface area contributed by atoms with Gasteiger partial charge in [-0.2, -0.15) is 5.26 Å². The van der Waals surface area contributed by atoms with E-state index in [1.807, 2.05) is 6.92 Å². The lowest BCUT2D eigenvalue weighted by molar-refractivity contribution is 0.560. The van der Waals surface area contributed by atoms with Gasteiger partial charge < -0.3 is 5.73 Å². The standard InChI is InChI=1S/C11H12F2N2/c1-2-3-11(15)7-4-9(12)8(6-14)10(13)5-7/h4-5,11H,2-3,15H2,1H3/t11-/m0/s1. The van der Waals surface area contributed by atoms with E-state index in [4.69, 9.17) is 11.0 Å². The molecular weight excluding hydrogens is 198 g/mol. The molecule has 0 bridgehead atoms. The van der Waals surface area contributed by atoms with Crippen LogP contribution < -0.4 is 5.73 Å². The molecule has 1 aromatic rings. The van der Waals surface area contributed by atoms with Crippen molar-refractivity contribution in [1.82, 2.24) is 0 Å². The van der Waals surface area contributed by atoms with Crippen LogP contribution in [0.5, 0.6) is 0 Å². The van der Waals surface area contributed by atoms with Crippen molar-refractivity contribution in [2.24, 2.45) is 5.73 Å². The molecule has 0 aliphatic rings. The van der Waals surface area contributed by atoms with Gasteiger partial charge in [0.05, 0.1) is 0 Å². The monoisotopic (exact) mass is 210 g/mol. The minimum absolute atomic E-state index is 0.383. The van der Waals surface area contributed by atoms with Crippen LogP contribution >= 0.6 is 0 Å². The van der Waals surface area contributed by atoms with Gasteiger partial charge in [-0.3, -0.25) is 0 Å². The smallest absolute Gasteiger partial charge is 0.144 e. The molecule has 0 heterocycles. The molecule has 1 atom stereocenters. The first-order valence-corrected chi connectivity index (χ1v) is 4.74. The predicted octanol–water partition coefficient (Wildman–Crippen LogP) is 2.64. The first kappa shape index (κ1) is 11.6. The molecular formula is C11H12F2N2. The number of nitrogens with zero attached hydrogens (tertiary/aromatic N) is 1. The summed E-state index contributed by atoms with van der Waals surface area (Å²) in [6.07, 6.45) is 1.50. The highest BCUT2D eigenvalue weighted by Crippen LogP contribution is 2.21. The summed E-state index contributed by atoms with van der Waals surface area (Å²) in [7, 11) is 0. The maximum atomic E-state index is 13.2. The molecule has 0 fully saturated rings. The summed E-state index contributed by atoms with van der Waals surface area (Å²) >= 11 is 0. The lowest BCUT2D eigenvalue weighted by Gasteiger charge is -2.11. The summed E-state index contributed by atoms with van der Waals surface area (Å²) in [6, 6.07) is 3.34. The molecule has 0 saturated heterocycles. The van der Waals surface area contributed by atoms with Gasteiger partial charge in [-0.05, 0) is 24.1 Å². The zero-order valence-corrected chi connectivity index (χ0v) is 8.43. The Balaban J connectivity index is 3.09.